The molecule has 0 atom stereocenters. The maximum absolute atomic E-state index is 10.3. The highest BCUT2D eigenvalue weighted by Gasteiger charge is 2.13. The molecule has 0 saturated heterocycles. The molecule has 0 aliphatic carbocycles. The molecule has 0 aliphatic rings. The smallest absolute Gasteiger partial charge is 0.205 e. The number of para-hydroxylation sites is 2. The van der Waals surface area contributed by atoms with Gasteiger partial charge in [0, 0.05) is 35.4 Å². The lowest BCUT2D eigenvalue weighted by Crippen LogP contribution is -2.43. The van der Waals surface area contributed by atoms with Gasteiger partial charge in [-0.05, 0) is 30.4 Å². The second-order valence-corrected chi connectivity index (χ2v) is 6.78. The van der Waals surface area contributed by atoms with Crippen molar-refractivity contribution in [1.29, 1.82) is 0 Å². The normalized spacial score (nSPS) is 11.3. The summed E-state index contributed by atoms with van der Waals surface area (Å²) in [5.74, 6) is 1.03. The number of ether oxygens (including phenoxy) is 2. The third-order valence-electron chi connectivity index (χ3n) is 4.88. The number of pyridine rings is 1. The molecule has 160 valence electrons. The number of hydrogen-bond donors (Lipinski definition) is 3. The molecular weight excluding hydrogens is 392 g/mol. The van der Waals surface area contributed by atoms with Crippen molar-refractivity contribution in [3.8, 4) is 23.0 Å². The summed E-state index contributed by atoms with van der Waals surface area (Å²) in [6, 6.07) is 16.6. The first-order valence-electron chi connectivity index (χ1n) is 9.90. The predicted molar refractivity (Wildman–Crippen MR) is 123 cm³/mol. The summed E-state index contributed by atoms with van der Waals surface area (Å²) in [7, 11) is 3.04. The standard InChI is InChI=1S/C25H26N2O4/c1-30-22-10-3-6-18(24(22)28)12-14-20-8-5-9-21(27(20)17-16-26)15-13-19-7-4-11-23(31-2)25(19)29/h3-15H,16-17,26H2,1-2H3,(H,28,29)/p+1. The van der Waals surface area contributed by atoms with Gasteiger partial charge in [0.15, 0.2) is 29.5 Å². The van der Waals surface area contributed by atoms with E-state index in [9.17, 15) is 10.2 Å². The Bertz CT molecular complexity index is 1020. The van der Waals surface area contributed by atoms with Gasteiger partial charge in [0.05, 0.1) is 20.8 Å². The number of rotatable bonds is 8. The van der Waals surface area contributed by atoms with Crippen LogP contribution in [-0.2, 0) is 6.54 Å². The van der Waals surface area contributed by atoms with E-state index in [2.05, 4.69) is 4.57 Å². The van der Waals surface area contributed by atoms with Crippen molar-refractivity contribution >= 4 is 24.3 Å². The molecule has 3 rings (SSSR count). The maximum Gasteiger partial charge on any atom is 0.205 e. The van der Waals surface area contributed by atoms with Gasteiger partial charge in [-0.15, -0.1) is 0 Å². The van der Waals surface area contributed by atoms with Crippen molar-refractivity contribution in [3.05, 3.63) is 77.1 Å². The highest BCUT2D eigenvalue weighted by Crippen LogP contribution is 2.31. The highest BCUT2D eigenvalue weighted by molar-refractivity contribution is 5.74. The van der Waals surface area contributed by atoms with Gasteiger partial charge in [-0.1, -0.05) is 24.3 Å². The molecular formula is C25H27N2O4+. The molecule has 0 amide bonds. The Morgan fingerprint density at radius 1 is 0.742 bits per heavy atom. The Labute approximate surface area is 182 Å². The average Bonchev–Trinajstić information content (AvgIpc) is 2.79. The van der Waals surface area contributed by atoms with Gasteiger partial charge < -0.3 is 25.4 Å². The lowest BCUT2D eigenvalue weighted by molar-refractivity contribution is -0.697. The molecule has 6 nitrogen and oxygen atoms in total. The first kappa shape index (κ1) is 21.9. The summed E-state index contributed by atoms with van der Waals surface area (Å²) in [6.07, 6.45) is 7.51. The summed E-state index contributed by atoms with van der Waals surface area (Å²) in [5, 5.41) is 20.6. The summed E-state index contributed by atoms with van der Waals surface area (Å²) in [5.41, 5.74) is 9.00. The SMILES string of the molecule is COc1cccc(/C=C/c2cccc(/C=C/c3cccc(OC)c3O)[n+]2CCN)c1O. The quantitative estimate of drug-likeness (QED) is 0.485. The zero-order valence-electron chi connectivity index (χ0n) is 17.7. The van der Waals surface area contributed by atoms with Gasteiger partial charge in [0.25, 0.3) is 0 Å². The van der Waals surface area contributed by atoms with Crippen LogP contribution in [0.2, 0.25) is 0 Å². The van der Waals surface area contributed by atoms with E-state index in [1.165, 1.54) is 14.2 Å². The second kappa shape index (κ2) is 10.3. The van der Waals surface area contributed by atoms with Crippen molar-refractivity contribution < 1.29 is 24.3 Å². The van der Waals surface area contributed by atoms with E-state index in [1.807, 2.05) is 66.8 Å². The number of methoxy groups -OCH3 is 2. The number of phenols is 2. The van der Waals surface area contributed by atoms with Gasteiger partial charge in [-0.3, -0.25) is 0 Å². The monoisotopic (exact) mass is 419 g/mol. The van der Waals surface area contributed by atoms with Crippen molar-refractivity contribution in [3.63, 3.8) is 0 Å². The van der Waals surface area contributed by atoms with Crippen molar-refractivity contribution in [2.24, 2.45) is 5.73 Å². The number of benzene rings is 2. The van der Waals surface area contributed by atoms with Crippen LogP contribution >= 0.6 is 0 Å². The van der Waals surface area contributed by atoms with E-state index >= 15 is 0 Å². The highest BCUT2D eigenvalue weighted by atomic mass is 16.5. The van der Waals surface area contributed by atoms with Crippen molar-refractivity contribution in [1.82, 2.24) is 0 Å². The van der Waals surface area contributed by atoms with Gasteiger partial charge >= 0.3 is 0 Å². The minimum absolute atomic E-state index is 0.0937. The summed E-state index contributed by atoms with van der Waals surface area (Å²) >= 11 is 0. The largest absolute Gasteiger partial charge is 0.504 e. The average molecular weight is 420 g/mol. The first-order chi connectivity index (χ1) is 15.1. The summed E-state index contributed by atoms with van der Waals surface area (Å²) in [6.45, 7) is 1.07. The molecule has 31 heavy (non-hydrogen) atoms. The van der Waals surface area contributed by atoms with Crippen LogP contribution in [-0.4, -0.2) is 31.0 Å². The molecule has 0 spiro atoms. The Morgan fingerprint density at radius 3 is 1.61 bits per heavy atom. The molecule has 3 aromatic rings. The number of nitrogens with zero attached hydrogens (tertiary/aromatic N) is 1. The number of nitrogens with two attached hydrogens (primary N) is 1. The Morgan fingerprint density at radius 2 is 1.19 bits per heavy atom. The third kappa shape index (κ3) is 5.05. The summed E-state index contributed by atoms with van der Waals surface area (Å²) < 4.78 is 12.4. The number of aromatic hydroxyl groups is 2. The lowest BCUT2D eigenvalue weighted by Gasteiger charge is -2.07. The molecule has 1 aromatic heterocycles. The van der Waals surface area contributed by atoms with Crippen LogP contribution in [0.25, 0.3) is 24.3 Å². The molecule has 2 aromatic carbocycles. The van der Waals surface area contributed by atoms with Crippen LogP contribution in [0.5, 0.6) is 23.0 Å². The molecule has 6 heteroatoms. The molecule has 0 aliphatic heterocycles. The van der Waals surface area contributed by atoms with E-state index in [0.717, 1.165) is 11.4 Å². The minimum atomic E-state index is 0.0937. The molecule has 0 fully saturated rings. The van der Waals surface area contributed by atoms with Gasteiger partial charge in [-0.25, -0.2) is 0 Å². The Hall–Kier alpha value is -3.77. The van der Waals surface area contributed by atoms with Gasteiger partial charge in [0.1, 0.15) is 0 Å². The van der Waals surface area contributed by atoms with Crippen LogP contribution in [0.1, 0.15) is 22.5 Å². The van der Waals surface area contributed by atoms with E-state index in [4.69, 9.17) is 15.2 Å². The van der Waals surface area contributed by atoms with Crippen LogP contribution < -0.4 is 19.8 Å². The maximum atomic E-state index is 10.3. The van der Waals surface area contributed by atoms with Crippen LogP contribution in [0.3, 0.4) is 0 Å². The molecule has 0 saturated carbocycles. The first-order valence-corrected chi connectivity index (χ1v) is 9.90. The number of hydrogen-bond acceptors (Lipinski definition) is 5. The van der Waals surface area contributed by atoms with Crippen LogP contribution in [0.15, 0.2) is 54.6 Å². The number of aromatic nitrogens is 1. The number of phenolic OH excluding ortho intramolecular Hbond substituents is 2. The predicted octanol–water partition coefficient (Wildman–Crippen LogP) is 3.70. The van der Waals surface area contributed by atoms with E-state index in [-0.39, 0.29) is 11.5 Å². The van der Waals surface area contributed by atoms with E-state index in [0.29, 0.717) is 35.7 Å². The second-order valence-electron chi connectivity index (χ2n) is 6.78. The molecule has 1 heterocycles. The molecule has 0 bridgehead atoms. The van der Waals surface area contributed by atoms with E-state index in [1.54, 1.807) is 12.1 Å². The van der Waals surface area contributed by atoms with Gasteiger partial charge in [0.2, 0.25) is 11.4 Å². The third-order valence-corrected chi connectivity index (χ3v) is 4.88. The molecule has 4 N–H and O–H groups in total. The zero-order chi connectivity index (χ0) is 22.2. The minimum Gasteiger partial charge on any atom is -0.504 e. The van der Waals surface area contributed by atoms with Gasteiger partial charge in [-0.2, -0.15) is 4.57 Å². The fraction of sp³-hybridized carbons (Fsp3) is 0.160. The van der Waals surface area contributed by atoms with Crippen LogP contribution in [0.4, 0.5) is 0 Å². The zero-order valence-corrected chi connectivity index (χ0v) is 17.7. The van der Waals surface area contributed by atoms with Crippen LogP contribution in [0, 0.1) is 0 Å². The molecule has 0 radical (unpaired) electrons. The van der Waals surface area contributed by atoms with Crippen molar-refractivity contribution in [2.45, 2.75) is 6.54 Å². The Kier molecular flexibility index (Phi) is 7.30. The topological polar surface area (TPSA) is 88.8 Å². The summed E-state index contributed by atoms with van der Waals surface area (Å²) in [4.78, 5) is 0. The fourth-order valence-electron chi connectivity index (χ4n) is 3.28. The lowest BCUT2D eigenvalue weighted by atomic mass is 10.1. The Balaban J connectivity index is 1.97. The molecule has 0 unspecified atom stereocenters. The van der Waals surface area contributed by atoms with Crippen molar-refractivity contribution in [2.75, 3.05) is 20.8 Å². The van der Waals surface area contributed by atoms with E-state index < -0.39 is 0 Å². The fourth-order valence-corrected chi connectivity index (χ4v) is 3.28.